The first-order valence-electron chi connectivity index (χ1n) is 25.0. The summed E-state index contributed by atoms with van der Waals surface area (Å²) >= 11 is 6.04. The van der Waals surface area contributed by atoms with E-state index in [4.69, 9.17) is 46.4 Å². The minimum Gasteiger partial charge on any atom is -0.455 e. The van der Waals surface area contributed by atoms with E-state index in [1.165, 1.54) is 12.6 Å². The summed E-state index contributed by atoms with van der Waals surface area (Å²) in [7, 11) is 3.77. The summed E-state index contributed by atoms with van der Waals surface area (Å²) in [6, 6.07) is 11.7. The predicted octanol–water partition coefficient (Wildman–Crippen LogP) is 9.77. The molecule has 0 saturated carbocycles. The zero-order valence-corrected chi connectivity index (χ0v) is 45.6. The molecule has 20 nitrogen and oxygen atoms in total. The molecule has 2 aliphatic rings. The lowest BCUT2D eigenvalue weighted by Crippen LogP contribution is -2.22. The molecular formula is C54H67ClN14O6. The third-order valence-corrected chi connectivity index (χ3v) is 13.2. The number of anilines is 3. The number of nitrogens with one attached hydrogen (secondary N) is 1. The molecule has 75 heavy (non-hydrogen) atoms. The van der Waals surface area contributed by atoms with E-state index in [2.05, 4.69) is 87.6 Å². The first kappa shape index (κ1) is 54.0. The number of carbonyl (C=O) groups is 2. The Morgan fingerprint density at radius 2 is 1.19 bits per heavy atom. The maximum Gasteiger partial charge on any atom is 0.210 e. The standard InChI is InChI=1S/C27H33N7O3.C16H15ClN4O2.C11H19N3O/c1-16(35)11-18-12-20(7-9-28-18)37-21-14-29-25-24(17(21)2)33(6)26(31-25)30-23-13-22(27(3,4)5)34(32-23)19-8-10-36-15-19;1-9(22)6-11-7-12(4-5-18-11)23-13-8-19-15-14(10(13)2)21(3)16(17)20-15;1-11(2,3)9-6-10(12)13-14(9)8-4-5-15-7-8/h7,9,12-14,19H,8,10-11,15H2,1-6H3,(H,29,30,31,32);4-5,7-8H,6H2,1-3H3;6,8H,4-5,7H2,1-3H3,(H2,12,13)/t19-;;8-/m1.1/s1. The monoisotopic (exact) mass is 1040 g/mol. The highest BCUT2D eigenvalue weighted by atomic mass is 35.5. The number of hydrogen-bond acceptors (Lipinski definition) is 16. The summed E-state index contributed by atoms with van der Waals surface area (Å²) in [4.78, 5) is 48.8. The first-order valence-corrected chi connectivity index (χ1v) is 25.3. The number of hydrogen-bond donors (Lipinski definition) is 2. The summed E-state index contributed by atoms with van der Waals surface area (Å²) in [6.45, 7) is 23.1. The Morgan fingerprint density at radius 1 is 0.707 bits per heavy atom. The summed E-state index contributed by atoms with van der Waals surface area (Å²) < 4.78 is 30.9. The van der Waals surface area contributed by atoms with Crippen LogP contribution >= 0.6 is 11.6 Å². The number of aromatic nitrogens is 12. The van der Waals surface area contributed by atoms with Gasteiger partial charge in [0.05, 0.1) is 60.1 Å². The maximum absolute atomic E-state index is 11.5. The summed E-state index contributed by atoms with van der Waals surface area (Å²) in [5, 5.41) is 13.0. The Kier molecular flexibility index (Phi) is 16.0. The third-order valence-electron chi connectivity index (χ3n) is 12.8. The van der Waals surface area contributed by atoms with Crippen molar-refractivity contribution in [3.63, 3.8) is 0 Å². The van der Waals surface area contributed by atoms with Crippen LogP contribution in [0, 0.1) is 13.8 Å². The lowest BCUT2D eigenvalue weighted by Gasteiger charge is -2.22. The van der Waals surface area contributed by atoms with Gasteiger partial charge in [-0.1, -0.05) is 41.5 Å². The van der Waals surface area contributed by atoms with Crippen molar-refractivity contribution in [3.8, 4) is 23.0 Å². The van der Waals surface area contributed by atoms with Crippen molar-refractivity contribution in [2.24, 2.45) is 14.1 Å². The number of nitrogen functional groups attached to an aromatic ring is 1. The number of ketones is 2. The maximum atomic E-state index is 11.5. The van der Waals surface area contributed by atoms with Crippen molar-refractivity contribution in [2.45, 2.75) is 118 Å². The van der Waals surface area contributed by atoms with Gasteiger partial charge in [0, 0.05) is 110 Å². The molecule has 2 fully saturated rings. The Bertz CT molecular complexity index is 3350. The Balaban J connectivity index is 0.000000166. The van der Waals surface area contributed by atoms with Crippen LogP contribution in [0.5, 0.6) is 23.0 Å². The van der Waals surface area contributed by atoms with Crippen LogP contribution < -0.4 is 20.5 Å². The van der Waals surface area contributed by atoms with Gasteiger partial charge in [0.2, 0.25) is 11.2 Å². The predicted molar refractivity (Wildman–Crippen MR) is 287 cm³/mol. The van der Waals surface area contributed by atoms with Gasteiger partial charge in [-0.15, -0.1) is 0 Å². The SMILES string of the molecule is CC(=O)Cc1cc(Oc2cnc3nc(Cl)n(C)c3c2C)ccn1.CC(=O)Cc1cc(Oc2cnc3nc(Nc4cc(C(C)(C)C)n([C@@H]5CCOC5)n4)n(C)c3c2C)ccn1.CC(C)(C)c1cc(N)nn1[C@@H]1CCOC1. The molecule has 10 heterocycles. The van der Waals surface area contributed by atoms with E-state index in [-0.39, 0.29) is 41.3 Å². The molecule has 3 N–H and O–H groups in total. The molecule has 0 unspecified atom stereocenters. The van der Waals surface area contributed by atoms with Crippen molar-refractivity contribution >= 4 is 63.1 Å². The van der Waals surface area contributed by atoms with Crippen LogP contribution in [0.15, 0.2) is 61.2 Å². The molecule has 2 atom stereocenters. The van der Waals surface area contributed by atoms with Crippen molar-refractivity contribution in [1.82, 2.24) is 58.6 Å². The van der Waals surface area contributed by atoms with E-state index >= 15 is 0 Å². The molecule has 0 spiro atoms. The van der Waals surface area contributed by atoms with Gasteiger partial charge >= 0.3 is 0 Å². The molecule has 2 aliphatic heterocycles. The summed E-state index contributed by atoms with van der Waals surface area (Å²) in [5.41, 5.74) is 14.1. The molecule has 0 amide bonds. The molecule has 0 bridgehead atoms. The molecule has 0 aromatic carbocycles. The molecule has 10 rings (SSSR count). The normalized spacial score (nSPS) is 15.6. The van der Waals surface area contributed by atoms with Crippen molar-refractivity contribution in [1.29, 1.82) is 0 Å². The molecule has 8 aromatic heterocycles. The second-order valence-electron chi connectivity index (χ2n) is 21.1. The number of nitrogens with zero attached hydrogens (tertiary/aromatic N) is 12. The summed E-state index contributed by atoms with van der Waals surface area (Å²) in [5.74, 6) is 4.52. The van der Waals surface area contributed by atoms with Gasteiger partial charge in [0.25, 0.3) is 0 Å². The van der Waals surface area contributed by atoms with E-state index in [0.29, 0.717) is 75.4 Å². The lowest BCUT2D eigenvalue weighted by molar-refractivity contribution is -0.117. The Hall–Kier alpha value is -7.29. The number of pyridine rings is 4. The number of nitrogens with two attached hydrogens (primary N) is 1. The van der Waals surface area contributed by atoms with Gasteiger partial charge in [0.15, 0.2) is 28.6 Å². The van der Waals surface area contributed by atoms with Crippen LogP contribution in [0.1, 0.15) is 114 Å². The smallest absolute Gasteiger partial charge is 0.210 e. The number of aryl methyl sites for hydroxylation is 4. The fourth-order valence-electron chi connectivity index (χ4n) is 9.03. The number of imidazole rings is 2. The number of halogens is 1. The van der Waals surface area contributed by atoms with Crippen LogP contribution in [0.2, 0.25) is 5.28 Å². The van der Waals surface area contributed by atoms with Crippen molar-refractivity contribution < 1.29 is 28.5 Å². The average Bonchev–Trinajstić information content (AvgIpc) is 4.21. The highest BCUT2D eigenvalue weighted by molar-refractivity contribution is 6.29. The van der Waals surface area contributed by atoms with Crippen LogP contribution in [0.4, 0.5) is 17.6 Å². The van der Waals surface area contributed by atoms with Crippen LogP contribution in [-0.4, -0.2) is 96.6 Å². The largest absolute Gasteiger partial charge is 0.455 e. The second-order valence-corrected chi connectivity index (χ2v) is 21.5. The van der Waals surface area contributed by atoms with E-state index in [1.54, 1.807) is 60.5 Å². The summed E-state index contributed by atoms with van der Waals surface area (Å²) in [6.07, 6.45) is 9.09. The number of rotatable bonds is 12. The lowest BCUT2D eigenvalue weighted by atomic mass is 9.91. The van der Waals surface area contributed by atoms with E-state index in [0.717, 1.165) is 66.3 Å². The molecule has 0 aliphatic carbocycles. The minimum atomic E-state index is -0.0660. The van der Waals surface area contributed by atoms with Gasteiger partial charge < -0.3 is 39.1 Å². The van der Waals surface area contributed by atoms with E-state index < -0.39 is 0 Å². The topological polar surface area (TPSA) is 232 Å². The van der Waals surface area contributed by atoms with Crippen molar-refractivity contribution in [2.75, 3.05) is 37.5 Å². The zero-order chi connectivity index (χ0) is 53.9. The molecular weight excluding hydrogens is 976 g/mol. The number of Topliss-reactive ketones (excluding diaryl/α,β-unsaturated/α-hetero) is 2. The number of carbonyl (C=O) groups excluding carboxylic acids is 2. The second kappa shape index (κ2) is 22.3. The van der Waals surface area contributed by atoms with Gasteiger partial charge in [-0.25, -0.2) is 9.97 Å². The average molecular weight is 1040 g/mol. The Labute approximate surface area is 441 Å². The minimum absolute atomic E-state index is 0.0508. The van der Waals surface area contributed by atoms with E-state index in [9.17, 15) is 9.59 Å². The molecule has 0 radical (unpaired) electrons. The number of ether oxygens (including phenoxy) is 4. The zero-order valence-electron chi connectivity index (χ0n) is 44.9. The third kappa shape index (κ3) is 12.6. The quantitative estimate of drug-likeness (QED) is 0.116. The van der Waals surface area contributed by atoms with Gasteiger partial charge in [-0.05, 0) is 64.3 Å². The molecule has 2 saturated heterocycles. The fourth-order valence-corrected chi connectivity index (χ4v) is 9.20. The van der Waals surface area contributed by atoms with Gasteiger partial charge in [0.1, 0.15) is 28.9 Å². The van der Waals surface area contributed by atoms with Crippen LogP contribution in [0.3, 0.4) is 0 Å². The van der Waals surface area contributed by atoms with Crippen LogP contribution in [0.25, 0.3) is 22.3 Å². The van der Waals surface area contributed by atoms with Gasteiger partial charge in [-0.3, -0.25) is 28.9 Å². The van der Waals surface area contributed by atoms with E-state index in [1.807, 2.05) is 43.3 Å². The van der Waals surface area contributed by atoms with Gasteiger partial charge in [-0.2, -0.15) is 20.2 Å². The molecule has 21 heteroatoms. The molecule has 396 valence electrons. The fraction of sp³-hybridized carbons (Fsp3) is 0.444. The highest BCUT2D eigenvalue weighted by Crippen LogP contribution is 2.35. The Morgan fingerprint density at radius 3 is 1.67 bits per heavy atom. The first-order chi connectivity index (χ1) is 35.5. The van der Waals surface area contributed by atoms with Crippen LogP contribution in [-0.2, 0) is 56.8 Å². The van der Waals surface area contributed by atoms with Crippen molar-refractivity contribution in [3.05, 3.63) is 100 Å². The highest BCUT2D eigenvalue weighted by Gasteiger charge is 2.29. The molecule has 8 aromatic rings. The number of fused-ring (bicyclic) bond motifs is 2.